The lowest BCUT2D eigenvalue weighted by atomic mass is 10.0. The Bertz CT molecular complexity index is 714. The van der Waals surface area contributed by atoms with Gasteiger partial charge in [-0.15, -0.1) is 0 Å². The first kappa shape index (κ1) is 12.9. The number of nitrogens with one attached hydrogen (secondary N) is 1. The molecule has 7 heteroatoms. The third-order valence-electron chi connectivity index (χ3n) is 4.17. The number of aromatic nitrogens is 2. The van der Waals surface area contributed by atoms with Crippen molar-refractivity contribution in [3.8, 4) is 5.75 Å². The average Bonchev–Trinajstić information content (AvgIpc) is 3.09. The molecule has 1 aromatic heterocycles. The normalized spacial score (nSPS) is 20.1. The van der Waals surface area contributed by atoms with Crippen molar-refractivity contribution in [1.82, 2.24) is 14.9 Å². The van der Waals surface area contributed by atoms with Crippen LogP contribution in [0.15, 0.2) is 30.6 Å². The third-order valence-corrected chi connectivity index (χ3v) is 4.17. The number of urea groups is 1. The maximum absolute atomic E-state index is 12.6. The number of anilines is 1. The van der Waals surface area contributed by atoms with E-state index in [1.54, 1.807) is 42.6 Å². The van der Waals surface area contributed by atoms with Gasteiger partial charge < -0.3 is 14.6 Å². The molecule has 1 unspecified atom stereocenters. The van der Waals surface area contributed by atoms with Crippen LogP contribution in [0.3, 0.4) is 0 Å². The number of amides is 3. The summed E-state index contributed by atoms with van der Waals surface area (Å²) in [5.74, 6) is 0.482. The van der Waals surface area contributed by atoms with Gasteiger partial charge in [-0.1, -0.05) is 0 Å². The second kappa shape index (κ2) is 4.59. The molecule has 1 atom stereocenters. The number of imidazole rings is 1. The molecule has 0 aliphatic carbocycles. The van der Waals surface area contributed by atoms with Crippen LogP contribution in [0, 0.1) is 0 Å². The zero-order chi connectivity index (χ0) is 15.3. The minimum Gasteiger partial charge on any atom is -0.497 e. The number of carbonyl (C=O) groups is 2. The number of rotatable bonds is 2. The van der Waals surface area contributed by atoms with E-state index in [4.69, 9.17) is 4.74 Å². The van der Waals surface area contributed by atoms with E-state index in [0.29, 0.717) is 24.4 Å². The number of H-pyrrole nitrogens is 1. The summed E-state index contributed by atoms with van der Waals surface area (Å²) in [5, 5.41) is 0. The van der Waals surface area contributed by atoms with Crippen LogP contribution in [-0.2, 0) is 17.8 Å². The maximum atomic E-state index is 12.6. The Kier molecular flexibility index (Phi) is 2.69. The topological polar surface area (TPSA) is 78.5 Å². The number of carbonyl (C=O) groups excluding carboxylic acids is 2. The second-order valence-electron chi connectivity index (χ2n) is 5.33. The fraction of sp³-hybridized carbons (Fsp3) is 0.267. The van der Waals surface area contributed by atoms with Crippen molar-refractivity contribution in [1.29, 1.82) is 0 Å². The van der Waals surface area contributed by atoms with E-state index in [0.717, 1.165) is 11.4 Å². The van der Waals surface area contributed by atoms with Gasteiger partial charge in [-0.3, -0.25) is 4.79 Å². The Hall–Kier alpha value is -2.83. The average molecular weight is 298 g/mol. The zero-order valence-corrected chi connectivity index (χ0v) is 11.9. The number of hydrogen-bond donors (Lipinski definition) is 1. The largest absolute Gasteiger partial charge is 0.497 e. The van der Waals surface area contributed by atoms with E-state index >= 15 is 0 Å². The van der Waals surface area contributed by atoms with Gasteiger partial charge in [0, 0.05) is 12.1 Å². The van der Waals surface area contributed by atoms with Crippen LogP contribution < -0.4 is 9.64 Å². The second-order valence-corrected chi connectivity index (χ2v) is 5.33. The van der Waals surface area contributed by atoms with Gasteiger partial charge in [0.25, 0.3) is 5.91 Å². The Morgan fingerprint density at radius 1 is 1.27 bits per heavy atom. The first-order valence-corrected chi connectivity index (χ1v) is 6.99. The molecule has 3 amide bonds. The standard InChI is InChI=1S/C15H14N4O3/c1-22-10-4-2-9(3-5-10)19-14(20)13-6-11-12(17-8-16-11)7-18(13)15(19)21/h2-5,8,13H,6-7H2,1H3,(H,16,17). The molecule has 1 fully saturated rings. The van der Waals surface area contributed by atoms with Gasteiger partial charge in [0.05, 0.1) is 31.4 Å². The van der Waals surface area contributed by atoms with Gasteiger partial charge >= 0.3 is 6.03 Å². The first-order valence-electron chi connectivity index (χ1n) is 6.99. The molecule has 0 radical (unpaired) electrons. The molecule has 2 aromatic rings. The molecule has 22 heavy (non-hydrogen) atoms. The van der Waals surface area contributed by atoms with E-state index < -0.39 is 6.04 Å². The highest BCUT2D eigenvalue weighted by Crippen LogP contribution is 2.32. The zero-order valence-electron chi connectivity index (χ0n) is 11.9. The summed E-state index contributed by atoms with van der Waals surface area (Å²) in [5.41, 5.74) is 2.31. The molecule has 112 valence electrons. The molecular weight excluding hydrogens is 284 g/mol. The fourth-order valence-corrected chi connectivity index (χ4v) is 3.00. The van der Waals surface area contributed by atoms with Crippen LogP contribution in [0.2, 0.25) is 0 Å². The Labute approximate surface area is 126 Å². The van der Waals surface area contributed by atoms with Crippen molar-refractivity contribution >= 4 is 17.6 Å². The number of hydrogen-bond acceptors (Lipinski definition) is 4. The van der Waals surface area contributed by atoms with Crippen LogP contribution in [0.4, 0.5) is 10.5 Å². The predicted octanol–water partition coefficient (Wildman–Crippen LogP) is 1.31. The quantitative estimate of drug-likeness (QED) is 0.848. The number of fused-ring (bicyclic) bond motifs is 2. The summed E-state index contributed by atoms with van der Waals surface area (Å²) in [4.78, 5) is 35.3. The van der Waals surface area contributed by atoms with E-state index in [1.165, 1.54) is 4.90 Å². The number of nitrogens with zero attached hydrogens (tertiary/aromatic N) is 3. The van der Waals surface area contributed by atoms with Crippen LogP contribution in [-0.4, -0.2) is 40.0 Å². The molecule has 0 spiro atoms. The lowest BCUT2D eigenvalue weighted by molar-refractivity contribution is -0.120. The predicted molar refractivity (Wildman–Crippen MR) is 77.5 cm³/mol. The molecular formula is C15H14N4O3. The summed E-state index contributed by atoms with van der Waals surface area (Å²) in [7, 11) is 1.57. The summed E-state index contributed by atoms with van der Waals surface area (Å²) in [6.45, 7) is 0.362. The molecule has 4 rings (SSSR count). The molecule has 1 N–H and O–H groups in total. The molecule has 0 saturated carbocycles. The number of benzene rings is 1. The number of imide groups is 1. The molecule has 2 aliphatic rings. The van der Waals surface area contributed by atoms with Crippen molar-refractivity contribution < 1.29 is 14.3 Å². The summed E-state index contributed by atoms with van der Waals surface area (Å²) < 4.78 is 5.10. The van der Waals surface area contributed by atoms with Gasteiger partial charge in [-0.2, -0.15) is 0 Å². The van der Waals surface area contributed by atoms with Crippen molar-refractivity contribution in [2.45, 2.75) is 19.0 Å². The van der Waals surface area contributed by atoms with Gasteiger partial charge in [0.1, 0.15) is 11.8 Å². The van der Waals surface area contributed by atoms with E-state index in [2.05, 4.69) is 9.97 Å². The SMILES string of the molecule is COc1ccc(N2C(=O)C3Cc4[nH]cnc4CN3C2=O)cc1. The monoisotopic (exact) mass is 298 g/mol. The highest BCUT2D eigenvalue weighted by molar-refractivity contribution is 6.21. The van der Waals surface area contributed by atoms with Gasteiger partial charge in [0.2, 0.25) is 0 Å². The van der Waals surface area contributed by atoms with Gasteiger partial charge in [0.15, 0.2) is 0 Å². The van der Waals surface area contributed by atoms with Crippen LogP contribution >= 0.6 is 0 Å². The molecule has 1 saturated heterocycles. The van der Waals surface area contributed by atoms with Crippen molar-refractivity contribution in [2.24, 2.45) is 0 Å². The number of ether oxygens (including phenoxy) is 1. The third kappa shape index (κ3) is 1.71. The molecule has 3 heterocycles. The van der Waals surface area contributed by atoms with Gasteiger partial charge in [-0.25, -0.2) is 14.7 Å². The van der Waals surface area contributed by atoms with E-state index in [-0.39, 0.29) is 11.9 Å². The molecule has 2 aliphatic heterocycles. The minimum atomic E-state index is -0.456. The fourth-order valence-electron chi connectivity index (χ4n) is 3.00. The van der Waals surface area contributed by atoms with E-state index in [9.17, 15) is 9.59 Å². The van der Waals surface area contributed by atoms with Crippen LogP contribution in [0.25, 0.3) is 0 Å². The highest BCUT2D eigenvalue weighted by atomic mass is 16.5. The van der Waals surface area contributed by atoms with Crippen molar-refractivity contribution in [3.63, 3.8) is 0 Å². The first-order chi connectivity index (χ1) is 10.7. The summed E-state index contributed by atoms with van der Waals surface area (Å²) in [6.07, 6.45) is 2.08. The van der Waals surface area contributed by atoms with Crippen LogP contribution in [0.5, 0.6) is 5.75 Å². The van der Waals surface area contributed by atoms with Crippen molar-refractivity contribution in [2.75, 3.05) is 12.0 Å². The molecule has 0 bridgehead atoms. The van der Waals surface area contributed by atoms with E-state index in [1.807, 2.05) is 0 Å². The minimum absolute atomic E-state index is 0.199. The molecule has 1 aromatic carbocycles. The van der Waals surface area contributed by atoms with Crippen LogP contribution in [0.1, 0.15) is 11.4 Å². The Balaban J connectivity index is 1.67. The highest BCUT2D eigenvalue weighted by Gasteiger charge is 2.48. The number of aromatic amines is 1. The Morgan fingerprint density at radius 2 is 2.05 bits per heavy atom. The summed E-state index contributed by atoms with van der Waals surface area (Å²) in [6, 6.07) is 6.14. The number of methoxy groups -OCH3 is 1. The molecule has 7 nitrogen and oxygen atoms in total. The lowest BCUT2D eigenvalue weighted by Gasteiger charge is -2.25. The lowest BCUT2D eigenvalue weighted by Crippen LogP contribution is -2.40. The van der Waals surface area contributed by atoms with Gasteiger partial charge in [-0.05, 0) is 24.3 Å². The maximum Gasteiger partial charge on any atom is 0.332 e. The Morgan fingerprint density at radius 3 is 2.77 bits per heavy atom. The van der Waals surface area contributed by atoms with Crippen molar-refractivity contribution in [3.05, 3.63) is 42.0 Å². The smallest absolute Gasteiger partial charge is 0.332 e. The summed E-state index contributed by atoms with van der Waals surface area (Å²) >= 11 is 0.